The summed E-state index contributed by atoms with van der Waals surface area (Å²) in [5.74, 6) is 0. The molecule has 2 aromatic carbocycles. The lowest BCUT2D eigenvalue weighted by atomic mass is 10.0. The van der Waals surface area contributed by atoms with Gasteiger partial charge in [0.15, 0.2) is 0 Å². The van der Waals surface area contributed by atoms with E-state index < -0.39 is 6.10 Å². The number of benzene rings is 2. The summed E-state index contributed by atoms with van der Waals surface area (Å²) in [6.07, 6.45) is 0.0882. The molecule has 0 radical (unpaired) electrons. The Balaban J connectivity index is 1.75. The van der Waals surface area contributed by atoms with Crippen molar-refractivity contribution in [3.63, 3.8) is 0 Å². The second-order valence-corrected chi connectivity index (χ2v) is 5.62. The second kappa shape index (κ2) is 8.15. The van der Waals surface area contributed by atoms with Gasteiger partial charge in [-0.2, -0.15) is 0 Å². The molecule has 3 nitrogen and oxygen atoms in total. The van der Waals surface area contributed by atoms with E-state index in [0.29, 0.717) is 19.5 Å². The first-order chi connectivity index (χ1) is 10.1. The van der Waals surface area contributed by atoms with E-state index in [1.165, 1.54) is 0 Å². The van der Waals surface area contributed by atoms with Crippen molar-refractivity contribution < 1.29 is 5.11 Å². The lowest BCUT2D eigenvalue weighted by molar-refractivity contribution is 0.141. The van der Waals surface area contributed by atoms with Crippen LogP contribution in [0.4, 0.5) is 0 Å². The maximum atomic E-state index is 10.1. The molecule has 2 rings (SSSR count). The summed E-state index contributed by atoms with van der Waals surface area (Å²) < 4.78 is 0. The number of aliphatic hydroxyl groups excluding tert-OH is 1. The van der Waals surface area contributed by atoms with Crippen molar-refractivity contribution in [2.45, 2.75) is 25.1 Å². The van der Waals surface area contributed by atoms with Gasteiger partial charge in [0, 0.05) is 24.2 Å². The molecule has 2 unspecified atom stereocenters. The number of halogens is 1. The predicted molar refractivity (Wildman–Crippen MR) is 87.3 cm³/mol. The topological polar surface area (TPSA) is 58.3 Å². The molecule has 4 N–H and O–H groups in total. The molecule has 0 heterocycles. The summed E-state index contributed by atoms with van der Waals surface area (Å²) in [6.45, 7) is 1.12. The van der Waals surface area contributed by atoms with Crippen LogP contribution in [0.5, 0.6) is 0 Å². The summed E-state index contributed by atoms with van der Waals surface area (Å²) in [5.41, 5.74) is 8.27. The molecule has 0 aliphatic heterocycles. The van der Waals surface area contributed by atoms with Crippen LogP contribution in [0.3, 0.4) is 0 Å². The number of rotatable bonds is 7. The number of hydrogen-bond donors (Lipinski definition) is 3. The Morgan fingerprint density at radius 2 is 1.76 bits per heavy atom. The average molecular weight is 305 g/mol. The van der Waals surface area contributed by atoms with Crippen molar-refractivity contribution in [1.82, 2.24) is 5.32 Å². The molecule has 2 atom stereocenters. The fraction of sp³-hybridized carbons (Fsp3) is 0.294. The van der Waals surface area contributed by atoms with Gasteiger partial charge in [-0.1, -0.05) is 54.1 Å². The molecule has 0 aliphatic rings. The number of nitrogens with one attached hydrogen (secondary N) is 1. The molecule has 0 bridgehead atoms. The molecule has 0 saturated heterocycles. The van der Waals surface area contributed by atoms with Gasteiger partial charge in [-0.25, -0.2) is 0 Å². The van der Waals surface area contributed by atoms with E-state index in [9.17, 15) is 5.11 Å². The van der Waals surface area contributed by atoms with Gasteiger partial charge in [0.25, 0.3) is 0 Å². The number of hydrogen-bond acceptors (Lipinski definition) is 3. The summed E-state index contributed by atoms with van der Waals surface area (Å²) >= 11 is 5.93. The number of aliphatic hydroxyl groups is 1. The monoisotopic (exact) mass is 304 g/mol. The van der Waals surface area contributed by atoms with Gasteiger partial charge >= 0.3 is 0 Å². The van der Waals surface area contributed by atoms with Crippen LogP contribution in [0.2, 0.25) is 5.02 Å². The SMILES string of the molecule is NC(Cc1ccccc1)C(O)CNCc1cccc(Cl)c1. The van der Waals surface area contributed by atoms with Gasteiger partial charge in [-0.3, -0.25) is 0 Å². The van der Waals surface area contributed by atoms with Crippen LogP contribution < -0.4 is 11.1 Å². The third kappa shape index (κ3) is 5.48. The molecule has 0 saturated carbocycles. The zero-order chi connectivity index (χ0) is 15.1. The summed E-state index contributed by atoms with van der Waals surface area (Å²) in [5, 5.41) is 14.0. The molecular formula is C17H21ClN2O. The third-order valence-corrected chi connectivity index (χ3v) is 3.62. The Kier molecular flexibility index (Phi) is 6.21. The first kappa shape index (κ1) is 16.0. The van der Waals surface area contributed by atoms with Crippen LogP contribution in [-0.4, -0.2) is 23.8 Å². The van der Waals surface area contributed by atoms with E-state index >= 15 is 0 Å². The van der Waals surface area contributed by atoms with Crippen LogP contribution in [0.1, 0.15) is 11.1 Å². The largest absolute Gasteiger partial charge is 0.390 e. The molecule has 4 heteroatoms. The normalized spacial score (nSPS) is 13.9. The second-order valence-electron chi connectivity index (χ2n) is 5.18. The standard InChI is InChI=1S/C17H21ClN2O/c18-15-8-4-7-14(9-15)11-20-12-17(21)16(19)10-13-5-2-1-3-6-13/h1-9,16-17,20-21H,10-12,19H2. The summed E-state index contributed by atoms with van der Waals surface area (Å²) in [6, 6.07) is 17.3. The Labute approximate surface area is 130 Å². The van der Waals surface area contributed by atoms with E-state index in [0.717, 1.165) is 16.1 Å². The van der Waals surface area contributed by atoms with Gasteiger partial charge in [0.2, 0.25) is 0 Å². The van der Waals surface area contributed by atoms with E-state index in [1.807, 2.05) is 54.6 Å². The maximum absolute atomic E-state index is 10.1. The highest BCUT2D eigenvalue weighted by Crippen LogP contribution is 2.10. The predicted octanol–water partition coefficient (Wildman–Crippen LogP) is 2.36. The molecule has 0 aromatic heterocycles. The third-order valence-electron chi connectivity index (χ3n) is 3.38. The number of nitrogens with two attached hydrogens (primary N) is 1. The van der Waals surface area contributed by atoms with Crippen LogP contribution in [0.25, 0.3) is 0 Å². The van der Waals surface area contributed by atoms with E-state index in [2.05, 4.69) is 5.32 Å². The highest BCUT2D eigenvalue weighted by atomic mass is 35.5. The smallest absolute Gasteiger partial charge is 0.0818 e. The average Bonchev–Trinajstić information content (AvgIpc) is 2.48. The molecule has 0 aliphatic carbocycles. The van der Waals surface area contributed by atoms with Gasteiger partial charge < -0.3 is 16.2 Å². The fourth-order valence-corrected chi connectivity index (χ4v) is 2.40. The van der Waals surface area contributed by atoms with Crippen molar-refractivity contribution in [2.24, 2.45) is 5.73 Å². The Hall–Kier alpha value is -1.39. The van der Waals surface area contributed by atoms with Gasteiger partial charge in [-0.15, -0.1) is 0 Å². The first-order valence-corrected chi connectivity index (χ1v) is 7.45. The molecular weight excluding hydrogens is 284 g/mol. The van der Waals surface area contributed by atoms with E-state index in [4.69, 9.17) is 17.3 Å². The van der Waals surface area contributed by atoms with Crippen molar-refractivity contribution in [1.29, 1.82) is 0 Å². The first-order valence-electron chi connectivity index (χ1n) is 7.08. The Morgan fingerprint density at radius 1 is 1.05 bits per heavy atom. The highest BCUT2D eigenvalue weighted by Gasteiger charge is 2.14. The highest BCUT2D eigenvalue weighted by molar-refractivity contribution is 6.30. The van der Waals surface area contributed by atoms with E-state index in [1.54, 1.807) is 0 Å². The molecule has 2 aromatic rings. The van der Waals surface area contributed by atoms with Crippen LogP contribution in [-0.2, 0) is 13.0 Å². The lowest BCUT2D eigenvalue weighted by Crippen LogP contribution is -2.42. The quantitative estimate of drug-likeness (QED) is 0.736. The lowest BCUT2D eigenvalue weighted by Gasteiger charge is -2.19. The molecule has 112 valence electrons. The van der Waals surface area contributed by atoms with Crippen molar-refractivity contribution in [2.75, 3.05) is 6.54 Å². The summed E-state index contributed by atoms with van der Waals surface area (Å²) in [4.78, 5) is 0. The minimum Gasteiger partial charge on any atom is -0.390 e. The molecule has 0 spiro atoms. The van der Waals surface area contributed by atoms with Crippen molar-refractivity contribution >= 4 is 11.6 Å². The van der Waals surface area contributed by atoms with Gasteiger partial charge in [0.05, 0.1) is 6.10 Å². The molecule has 21 heavy (non-hydrogen) atoms. The van der Waals surface area contributed by atoms with Gasteiger partial charge in [0.1, 0.15) is 0 Å². The zero-order valence-electron chi connectivity index (χ0n) is 11.9. The Morgan fingerprint density at radius 3 is 2.48 bits per heavy atom. The minimum absolute atomic E-state index is 0.278. The van der Waals surface area contributed by atoms with Crippen molar-refractivity contribution in [3.8, 4) is 0 Å². The fourth-order valence-electron chi connectivity index (χ4n) is 2.18. The molecule has 0 fully saturated rings. The maximum Gasteiger partial charge on any atom is 0.0818 e. The zero-order valence-corrected chi connectivity index (χ0v) is 12.6. The van der Waals surface area contributed by atoms with Crippen molar-refractivity contribution in [3.05, 3.63) is 70.7 Å². The van der Waals surface area contributed by atoms with E-state index in [-0.39, 0.29) is 6.04 Å². The van der Waals surface area contributed by atoms with Gasteiger partial charge in [-0.05, 0) is 29.7 Å². The summed E-state index contributed by atoms with van der Waals surface area (Å²) in [7, 11) is 0. The molecule has 0 amide bonds. The Bertz CT molecular complexity index is 547. The van der Waals surface area contributed by atoms with Crippen LogP contribution in [0, 0.1) is 0 Å². The minimum atomic E-state index is -0.579. The van der Waals surface area contributed by atoms with Crippen LogP contribution >= 0.6 is 11.6 Å². The van der Waals surface area contributed by atoms with Crippen LogP contribution in [0.15, 0.2) is 54.6 Å².